The molecule has 0 saturated heterocycles. The van der Waals surface area contributed by atoms with Gasteiger partial charge in [-0.25, -0.2) is 9.97 Å². The van der Waals surface area contributed by atoms with E-state index in [4.69, 9.17) is 9.47 Å². The van der Waals surface area contributed by atoms with E-state index < -0.39 is 0 Å². The number of hydrogen-bond donors (Lipinski definition) is 0. The van der Waals surface area contributed by atoms with E-state index in [2.05, 4.69) is 30.7 Å². The summed E-state index contributed by atoms with van der Waals surface area (Å²) in [6.07, 6.45) is 15.9. The van der Waals surface area contributed by atoms with Crippen LogP contribution < -0.4 is 9.47 Å². The Morgan fingerprint density at radius 3 is 2.05 bits per heavy atom. The predicted molar refractivity (Wildman–Crippen MR) is 155 cm³/mol. The Morgan fingerprint density at radius 2 is 1.37 bits per heavy atom. The van der Waals surface area contributed by atoms with Crippen LogP contribution in [0.25, 0.3) is 22.5 Å². The second-order valence-electron chi connectivity index (χ2n) is 10.2. The van der Waals surface area contributed by atoms with E-state index in [0.717, 1.165) is 54.2 Å². The van der Waals surface area contributed by atoms with Crippen molar-refractivity contribution in [3.8, 4) is 34.0 Å². The molecule has 1 unspecified atom stereocenters. The highest BCUT2D eigenvalue weighted by molar-refractivity contribution is 5.73. The van der Waals surface area contributed by atoms with Crippen LogP contribution in [-0.2, 0) is 4.79 Å². The molecular formula is C33H44N2O3. The first-order chi connectivity index (χ1) is 18.6. The molecule has 0 aliphatic rings. The van der Waals surface area contributed by atoms with Crippen LogP contribution in [0.3, 0.4) is 0 Å². The molecule has 0 aliphatic heterocycles. The number of carbonyl (C=O) groups is 1. The highest BCUT2D eigenvalue weighted by Crippen LogP contribution is 2.24. The largest absolute Gasteiger partial charge is 0.494 e. The van der Waals surface area contributed by atoms with Gasteiger partial charge in [0.25, 0.3) is 0 Å². The molecule has 2 aromatic carbocycles. The number of carbonyl (C=O) groups excluding carboxylic acids is 1. The number of hydrogen-bond acceptors (Lipinski definition) is 5. The van der Waals surface area contributed by atoms with Gasteiger partial charge >= 0.3 is 5.97 Å². The molecule has 1 aromatic heterocycles. The van der Waals surface area contributed by atoms with E-state index in [9.17, 15) is 4.79 Å². The van der Waals surface area contributed by atoms with E-state index in [1.807, 2.05) is 60.9 Å². The van der Waals surface area contributed by atoms with Crippen LogP contribution in [0.15, 0.2) is 60.9 Å². The van der Waals surface area contributed by atoms with Gasteiger partial charge in [-0.15, -0.1) is 0 Å². The van der Waals surface area contributed by atoms with Crippen LogP contribution in [0.4, 0.5) is 0 Å². The highest BCUT2D eigenvalue weighted by atomic mass is 16.5. The fraction of sp³-hybridized carbons (Fsp3) is 0.485. The molecule has 3 rings (SSSR count). The van der Waals surface area contributed by atoms with Crippen LogP contribution in [0, 0.1) is 5.92 Å². The zero-order valence-corrected chi connectivity index (χ0v) is 23.5. The molecule has 0 fully saturated rings. The summed E-state index contributed by atoms with van der Waals surface area (Å²) < 4.78 is 11.4. The highest BCUT2D eigenvalue weighted by Gasteiger charge is 2.08. The molecule has 0 bridgehead atoms. The number of ether oxygens (including phenoxy) is 2. The third-order valence-electron chi connectivity index (χ3n) is 6.98. The summed E-state index contributed by atoms with van der Waals surface area (Å²) in [5, 5.41) is 0. The predicted octanol–water partition coefficient (Wildman–Crippen LogP) is 9.06. The molecule has 5 heteroatoms. The molecule has 0 aliphatic carbocycles. The Bertz CT molecular complexity index is 1060. The summed E-state index contributed by atoms with van der Waals surface area (Å²) in [4.78, 5) is 21.3. The number of benzene rings is 2. The molecule has 0 N–H and O–H groups in total. The Kier molecular flexibility index (Phi) is 12.8. The van der Waals surface area contributed by atoms with Gasteiger partial charge in [0.05, 0.1) is 6.61 Å². The maximum atomic E-state index is 12.1. The third kappa shape index (κ3) is 10.3. The summed E-state index contributed by atoms with van der Waals surface area (Å²) in [6, 6.07) is 15.5. The van der Waals surface area contributed by atoms with E-state index in [0.29, 0.717) is 18.0 Å². The first-order valence-electron chi connectivity index (χ1n) is 14.5. The van der Waals surface area contributed by atoms with Crippen molar-refractivity contribution < 1.29 is 14.3 Å². The molecule has 1 atom stereocenters. The van der Waals surface area contributed by atoms with Gasteiger partial charge in [-0.3, -0.25) is 4.79 Å². The quantitative estimate of drug-likeness (QED) is 0.102. The van der Waals surface area contributed by atoms with Gasteiger partial charge in [-0.2, -0.15) is 0 Å². The van der Waals surface area contributed by atoms with E-state index in [-0.39, 0.29) is 5.97 Å². The van der Waals surface area contributed by atoms with Crippen LogP contribution >= 0.6 is 0 Å². The van der Waals surface area contributed by atoms with E-state index >= 15 is 0 Å². The van der Waals surface area contributed by atoms with Crippen LogP contribution in [0.1, 0.15) is 91.4 Å². The average molecular weight is 517 g/mol. The normalized spacial score (nSPS) is 11.8. The number of nitrogens with zero attached hydrogens (tertiary/aromatic N) is 2. The van der Waals surface area contributed by atoms with Crippen LogP contribution in [0.5, 0.6) is 11.5 Å². The molecule has 0 radical (unpaired) electrons. The minimum atomic E-state index is -0.173. The summed E-state index contributed by atoms with van der Waals surface area (Å²) in [6.45, 7) is 7.45. The Hall–Kier alpha value is -3.21. The van der Waals surface area contributed by atoms with Crippen molar-refractivity contribution >= 4 is 5.97 Å². The van der Waals surface area contributed by atoms with Crippen LogP contribution in [0.2, 0.25) is 0 Å². The smallest absolute Gasteiger partial charge is 0.311 e. The van der Waals surface area contributed by atoms with Gasteiger partial charge < -0.3 is 9.47 Å². The van der Waals surface area contributed by atoms with E-state index in [1.165, 1.54) is 44.9 Å². The van der Waals surface area contributed by atoms with Gasteiger partial charge in [-0.05, 0) is 60.7 Å². The lowest BCUT2D eigenvalue weighted by Crippen LogP contribution is -2.07. The van der Waals surface area contributed by atoms with Crippen molar-refractivity contribution in [2.24, 2.45) is 5.92 Å². The SMILES string of the molecule is CCCCCCCCOc1ccc(-c2ncc(-c3ccc(OC(=O)CCCCC(C)CC)cc3)cn2)cc1. The number of esters is 1. The lowest BCUT2D eigenvalue weighted by molar-refractivity contribution is -0.134. The van der Waals surface area contributed by atoms with Crippen molar-refractivity contribution in [3.05, 3.63) is 60.9 Å². The molecule has 0 amide bonds. The molecule has 3 aromatic rings. The van der Waals surface area contributed by atoms with Crippen molar-refractivity contribution in [2.75, 3.05) is 6.61 Å². The summed E-state index contributed by atoms with van der Waals surface area (Å²) in [7, 11) is 0. The Balaban J connectivity index is 1.44. The Morgan fingerprint density at radius 1 is 0.737 bits per heavy atom. The maximum absolute atomic E-state index is 12.1. The summed E-state index contributed by atoms with van der Waals surface area (Å²) >= 11 is 0. The minimum absolute atomic E-state index is 0.173. The maximum Gasteiger partial charge on any atom is 0.311 e. The first-order valence-corrected chi connectivity index (χ1v) is 14.5. The summed E-state index contributed by atoms with van der Waals surface area (Å²) in [5.74, 6) is 2.67. The van der Waals surface area contributed by atoms with Crippen molar-refractivity contribution in [1.29, 1.82) is 0 Å². The minimum Gasteiger partial charge on any atom is -0.494 e. The standard InChI is InChI=1S/C33H44N2O3/c1-4-6-7-8-9-12-23-37-30-19-17-28(18-20-30)33-34-24-29(25-35-33)27-15-21-31(22-16-27)38-32(36)14-11-10-13-26(3)5-2/h15-22,24-26H,4-14,23H2,1-3H3. The zero-order chi connectivity index (χ0) is 27.0. The molecule has 0 saturated carbocycles. The monoisotopic (exact) mass is 516 g/mol. The molecular weight excluding hydrogens is 472 g/mol. The number of rotatable bonds is 17. The first kappa shape index (κ1) is 29.3. The van der Waals surface area contributed by atoms with Crippen LogP contribution in [-0.4, -0.2) is 22.5 Å². The fourth-order valence-electron chi connectivity index (χ4n) is 4.26. The van der Waals surface area contributed by atoms with E-state index in [1.54, 1.807) is 0 Å². The lowest BCUT2D eigenvalue weighted by Gasteiger charge is -2.09. The summed E-state index contributed by atoms with van der Waals surface area (Å²) in [5.41, 5.74) is 2.84. The molecule has 5 nitrogen and oxygen atoms in total. The topological polar surface area (TPSA) is 61.3 Å². The van der Waals surface area contributed by atoms with Gasteiger partial charge in [-0.1, -0.05) is 84.3 Å². The molecule has 0 spiro atoms. The van der Waals surface area contributed by atoms with Gasteiger partial charge in [0, 0.05) is 29.9 Å². The fourth-order valence-corrected chi connectivity index (χ4v) is 4.26. The number of aromatic nitrogens is 2. The molecule has 38 heavy (non-hydrogen) atoms. The van der Waals surface area contributed by atoms with Gasteiger partial charge in [0.15, 0.2) is 5.82 Å². The molecule has 204 valence electrons. The van der Waals surface area contributed by atoms with Crippen molar-refractivity contribution in [1.82, 2.24) is 9.97 Å². The lowest BCUT2D eigenvalue weighted by atomic mass is 10.0. The number of unbranched alkanes of at least 4 members (excludes halogenated alkanes) is 6. The van der Waals surface area contributed by atoms with Crippen molar-refractivity contribution in [3.63, 3.8) is 0 Å². The molecule has 1 heterocycles. The zero-order valence-electron chi connectivity index (χ0n) is 23.5. The van der Waals surface area contributed by atoms with Gasteiger partial charge in [0.2, 0.25) is 0 Å². The van der Waals surface area contributed by atoms with Crippen molar-refractivity contribution in [2.45, 2.75) is 91.4 Å². The average Bonchev–Trinajstić information content (AvgIpc) is 2.95. The third-order valence-corrected chi connectivity index (χ3v) is 6.98. The van der Waals surface area contributed by atoms with Gasteiger partial charge in [0.1, 0.15) is 11.5 Å². The second kappa shape index (κ2) is 16.6. The Labute approximate surface area is 229 Å². The second-order valence-corrected chi connectivity index (χ2v) is 10.2.